The van der Waals surface area contributed by atoms with E-state index in [-0.39, 0.29) is 23.4 Å². The van der Waals surface area contributed by atoms with Gasteiger partial charge in [0, 0.05) is 17.6 Å². The topological polar surface area (TPSA) is 96.0 Å². The van der Waals surface area contributed by atoms with E-state index in [1.807, 2.05) is 32.0 Å². The number of anilines is 1. The number of ether oxygens (including phenoxy) is 1. The molecule has 236 valence electrons. The Bertz CT molecular complexity index is 1560. The lowest BCUT2D eigenvalue weighted by Gasteiger charge is -2.35. The van der Waals surface area contributed by atoms with Crippen molar-refractivity contribution in [3.8, 4) is 5.75 Å². The van der Waals surface area contributed by atoms with E-state index in [1.165, 1.54) is 17.0 Å². The van der Waals surface area contributed by atoms with E-state index in [9.17, 15) is 18.0 Å². The number of hydrogen-bond donors (Lipinski definition) is 1. The lowest BCUT2D eigenvalue weighted by molar-refractivity contribution is -0.140. The van der Waals surface area contributed by atoms with Crippen LogP contribution in [0.1, 0.15) is 62.1 Å². The van der Waals surface area contributed by atoms with E-state index in [4.69, 9.17) is 16.3 Å². The van der Waals surface area contributed by atoms with Crippen LogP contribution < -0.4 is 14.4 Å². The molecule has 1 saturated carbocycles. The molecule has 0 radical (unpaired) electrons. The molecular formula is C34H42ClN3O5S. The van der Waals surface area contributed by atoms with Gasteiger partial charge in [0.15, 0.2) is 0 Å². The van der Waals surface area contributed by atoms with Crippen molar-refractivity contribution in [1.82, 2.24) is 10.2 Å². The summed E-state index contributed by atoms with van der Waals surface area (Å²) in [5.74, 6) is -0.121. The van der Waals surface area contributed by atoms with Gasteiger partial charge in [0.05, 0.1) is 17.7 Å². The molecule has 2 amide bonds. The molecule has 1 N–H and O–H groups in total. The molecule has 0 saturated heterocycles. The molecule has 0 unspecified atom stereocenters. The molecule has 1 atom stereocenters. The van der Waals surface area contributed by atoms with Crippen LogP contribution >= 0.6 is 11.6 Å². The van der Waals surface area contributed by atoms with Crippen LogP contribution in [0.3, 0.4) is 0 Å². The second-order valence-corrected chi connectivity index (χ2v) is 13.6. The second-order valence-electron chi connectivity index (χ2n) is 11.3. The molecular weight excluding hydrogens is 598 g/mol. The summed E-state index contributed by atoms with van der Waals surface area (Å²) in [4.78, 5) is 29.7. The molecule has 1 aliphatic rings. The summed E-state index contributed by atoms with van der Waals surface area (Å²) in [5, 5.41) is 3.55. The van der Waals surface area contributed by atoms with Gasteiger partial charge in [-0.3, -0.25) is 13.9 Å². The third-order valence-corrected chi connectivity index (χ3v) is 10.4. The maximum Gasteiger partial charge on any atom is 0.264 e. The molecule has 4 rings (SSSR count). The molecule has 3 aromatic carbocycles. The number of aryl methyl sites for hydroxylation is 1. The number of carbonyl (C=O) groups excluding carboxylic acids is 2. The molecule has 44 heavy (non-hydrogen) atoms. The van der Waals surface area contributed by atoms with Crippen LogP contribution in [0, 0.1) is 13.8 Å². The number of benzene rings is 3. The summed E-state index contributed by atoms with van der Waals surface area (Å²) < 4.78 is 34.8. The minimum atomic E-state index is -4.19. The summed E-state index contributed by atoms with van der Waals surface area (Å²) in [5.41, 5.74) is 2.49. The zero-order valence-corrected chi connectivity index (χ0v) is 27.5. The van der Waals surface area contributed by atoms with Gasteiger partial charge in [0.2, 0.25) is 11.8 Å². The predicted octanol–water partition coefficient (Wildman–Crippen LogP) is 6.42. The summed E-state index contributed by atoms with van der Waals surface area (Å²) in [7, 11) is -2.63. The first-order valence-electron chi connectivity index (χ1n) is 15.1. The smallest absolute Gasteiger partial charge is 0.264 e. The first kappa shape index (κ1) is 33.3. The molecule has 3 aromatic rings. The van der Waals surface area contributed by atoms with E-state index in [2.05, 4.69) is 5.32 Å². The first-order valence-corrected chi connectivity index (χ1v) is 16.9. The summed E-state index contributed by atoms with van der Waals surface area (Å²) in [6, 6.07) is 18.0. The number of nitrogens with zero attached hydrogens (tertiary/aromatic N) is 2. The van der Waals surface area contributed by atoms with Crippen LogP contribution in [0.15, 0.2) is 71.6 Å². The van der Waals surface area contributed by atoms with Crippen LogP contribution in [-0.4, -0.2) is 50.9 Å². The van der Waals surface area contributed by atoms with Crippen molar-refractivity contribution in [1.29, 1.82) is 0 Å². The fourth-order valence-electron chi connectivity index (χ4n) is 5.65. The van der Waals surface area contributed by atoms with Crippen molar-refractivity contribution in [2.75, 3.05) is 18.0 Å². The molecule has 1 fully saturated rings. The van der Waals surface area contributed by atoms with E-state index in [0.29, 0.717) is 28.4 Å². The van der Waals surface area contributed by atoms with Crippen LogP contribution in [0.2, 0.25) is 5.02 Å². The molecule has 1 aliphatic carbocycles. The summed E-state index contributed by atoms with van der Waals surface area (Å²) in [6.45, 7) is 5.03. The number of amides is 2. The van der Waals surface area contributed by atoms with Gasteiger partial charge in [-0.15, -0.1) is 0 Å². The van der Waals surface area contributed by atoms with Crippen molar-refractivity contribution in [2.24, 2.45) is 0 Å². The van der Waals surface area contributed by atoms with Gasteiger partial charge in [-0.05, 0) is 80.6 Å². The van der Waals surface area contributed by atoms with Crippen molar-refractivity contribution in [3.63, 3.8) is 0 Å². The zero-order chi connectivity index (χ0) is 31.9. The Labute approximate surface area is 266 Å². The van der Waals surface area contributed by atoms with Gasteiger partial charge in [-0.1, -0.05) is 73.7 Å². The number of methoxy groups -OCH3 is 1. The summed E-state index contributed by atoms with van der Waals surface area (Å²) in [6.07, 6.45) is 5.43. The molecule has 0 aliphatic heterocycles. The zero-order valence-electron chi connectivity index (χ0n) is 25.9. The highest BCUT2D eigenvalue weighted by Gasteiger charge is 2.35. The number of hydrogen-bond acceptors (Lipinski definition) is 5. The maximum absolute atomic E-state index is 14.4. The lowest BCUT2D eigenvalue weighted by Crippen LogP contribution is -2.54. The lowest BCUT2D eigenvalue weighted by atomic mass is 9.95. The molecule has 0 bridgehead atoms. The highest BCUT2D eigenvalue weighted by Crippen LogP contribution is 2.31. The molecule has 10 heteroatoms. The molecule has 0 aromatic heterocycles. The van der Waals surface area contributed by atoms with Crippen molar-refractivity contribution >= 4 is 39.1 Å². The predicted molar refractivity (Wildman–Crippen MR) is 175 cm³/mol. The van der Waals surface area contributed by atoms with Crippen molar-refractivity contribution in [3.05, 3.63) is 88.4 Å². The van der Waals surface area contributed by atoms with Gasteiger partial charge in [0.1, 0.15) is 18.3 Å². The van der Waals surface area contributed by atoms with Gasteiger partial charge in [-0.25, -0.2) is 8.42 Å². The standard InChI is InChI=1S/C34H42ClN3O5S/c1-5-31(34(40)36-27-12-7-6-8-13-27)37(22-26-11-9-14-28(21-26)43-4)33(39)23-38(32-16-10-15-30(35)25(32)3)44(41,42)29-19-17-24(2)18-20-29/h9-11,14-21,27,31H,5-8,12-13,22-23H2,1-4H3,(H,36,40)/t31-/m0/s1. The van der Waals surface area contributed by atoms with Gasteiger partial charge in [-0.2, -0.15) is 0 Å². The average molecular weight is 640 g/mol. The van der Waals surface area contributed by atoms with Gasteiger partial charge < -0.3 is 15.0 Å². The Balaban J connectivity index is 1.75. The Kier molecular flexibility index (Phi) is 11.3. The van der Waals surface area contributed by atoms with Crippen molar-refractivity contribution in [2.45, 2.75) is 82.8 Å². The van der Waals surface area contributed by atoms with E-state index in [1.54, 1.807) is 50.4 Å². The number of sulfonamides is 1. The van der Waals surface area contributed by atoms with Crippen molar-refractivity contribution < 1.29 is 22.7 Å². The second kappa shape index (κ2) is 14.9. The van der Waals surface area contributed by atoms with Crippen LogP contribution in [0.4, 0.5) is 5.69 Å². The normalized spacial score (nSPS) is 14.5. The fourth-order valence-corrected chi connectivity index (χ4v) is 7.29. The van der Waals surface area contributed by atoms with E-state index >= 15 is 0 Å². The molecule has 0 heterocycles. The van der Waals surface area contributed by atoms with Gasteiger partial charge in [0.25, 0.3) is 10.0 Å². The van der Waals surface area contributed by atoms with Crippen LogP contribution in [-0.2, 0) is 26.2 Å². The quantitative estimate of drug-likeness (QED) is 0.247. The minimum Gasteiger partial charge on any atom is -0.497 e. The minimum absolute atomic E-state index is 0.0525. The van der Waals surface area contributed by atoms with Gasteiger partial charge >= 0.3 is 0 Å². The van der Waals surface area contributed by atoms with E-state index in [0.717, 1.165) is 47.5 Å². The highest BCUT2D eigenvalue weighted by molar-refractivity contribution is 7.92. The largest absolute Gasteiger partial charge is 0.497 e. The number of halogens is 1. The highest BCUT2D eigenvalue weighted by atomic mass is 35.5. The Morgan fingerprint density at radius 1 is 1.00 bits per heavy atom. The van der Waals surface area contributed by atoms with Crippen LogP contribution in [0.5, 0.6) is 5.75 Å². The molecule has 0 spiro atoms. The Hall–Kier alpha value is -3.56. The maximum atomic E-state index is 14.4. The monoisotopic (exact) mass is 639 g/mol. The molecule has 8 nitrogen and oxygen atoms in total. The average Bonchev–Trinajstić information content (AvgIpc) is 3.02. The SMILES string of the molecule is CC[C@@H](C(=O)NC1CCCCC1)N(Cc1cccc(OC)c1)C(=O)CN(c1cccc(Cl)c1C)S(=O)(=O)c1ccc(C)cc1. The number of rotatable bonds is 12. The first-order chi connectivity index (χ1) is 21.0. The fraction of sp³-hybridized carbons (Fsp3) is 0.412. The van der Waals surface area contributed by atoms with E-state index < -0.39 is 28.5 Å². The third kappa shape index (κ3) is 7.93. The number of carbonyl (C=O) groups is 2. The van der Waals surface area contributed by atoms with Crippen LogP contribution in [0.25, 0.3) is 0 Å². The third-order valence-electron chi connectivity index (χ3n) is 8.22. The Morgan fingerprint density at radius 2 is 1.68 bits per heavy atom. The number of nitrogens with one attached hydrogen (secondary N) is 1. The Morgan fingerprint density at radius 3 is 2.34 bits per heavy atom. The summed E-state index contributed by atoms with van der Waals surface area (Å²) >= 11 is 6.44.